The largest absolute Gasteiger partial charge is 0.454 e. The number of fused-ring (bicyclic) bond motifs is 11. The molecule has 2 heterocycles. The minimum absolute atomic E-state index is 0.158. The summed E-state index contributed by atoms with van der Waals surface area (Å²) in [5, 5.41) is 23.6. The van der Waals surface area contributed by atoms with Crippen molar-refractivity contribution in [2.45, 2.75) is 59.8 Å². The fourth-order valence-electron chi connectivity index (χ4n) is 12.3. The molecule has 0 spiro atoms. The van der Waals surface area contributed by atoms with E-state index in [0.29, 0.717) is 5.56 Å². The highest BCUT2D eigenvalue weighted by atomic mass is 16.3. The van der Waals surface area contributed by atoms with Crippen LogP contribution in [0.2, 0.25) is 0 Å². The first-order chi connectivity index (χ1) is 36.7. The average Bonchev–Trinajstić information content (AvgIpc) is 4.05. The van der Waals surface area contributed by atoms with Gasteiger partial charge >= 0.3 is 0 Å². The van der Waals surface area contributed by atoms with Crippen molar-refractivity contribution in [1.82, 2.24) is 0 Å². The van der Waals surface area contributed by atoms with Gasteiger partial charge in [0.25, 0.3) is 0 Å². The Bertz CT molecular complexity index is 4540. The lowest BCUT2D eigenvalue weighted by Gasteiger charge is -2.32. The second-order valence-electron chi connectivity index (χ2n) is 20.5. The molecule has 0 saturated carbocycles. The van der Waals surface area contributed by atoms with Gasteiger partial charge in [0.1, 0.15) is 11.2 Å². The van der Waals surface area contributed by atoms with Crippen molar-refractivity contribution in [2.75, 3.05) is 9.80 Å². The number of anilines is 6. The van der Waals surface area contributed by atoms with E-state index in [-0.39, 0.29) is 11.8 Å². The van der Waals surface area contributed by atoms with E-state index < -0.39 is 0 Å². The number of aryl methyl sites for hydroxylation is 2. The Kier molecular flexibility index (Phi) is 10.9. The summed E-state index contributed by atoms with van der Waals surface area (Å²) in [6.45, 7) is 18.5. The Balaban J connectivity index is 1.20. The van der Waals surface area contributed by atoms with E-state index in [2.05, 4.69) is 215 Å². The summed E-state index contributed by atoms with van der Waals surface area (Å²) in [6, 6.07) is 67.4. The highest BCUT2D eigenvalue weighted by Gasteiger charge is 2.30. The molecule has 362 valence electrons. The van der Waals surface area contributed by atoms with Gasteiger partial charge in [-0.15, -0.1) is 0 Å². The van der Waals surface area contributed by atoms with Crippen LogP contribution in [0.3, 0.4) is 0 Å². The van der Waals surface area contributed by atoms with Gasteiger partial charge in [0.05, 0.1) is 45.8 Å². The van der Waals surface area contributed by atoms with E-state index in [1.165, 1.54) is 38.4 Å². The zero-order valence-corrected chi connectivity index (χ0v) is 43.1. The van der Waals surface area contributed by atoms with Crippen molar-refractivity contribution in [1.29, 1.82) is 5.26 Å². The minimum Gasteiger partial charge on any atom is -0.454 e. The van der Waals surface area contributed by atoms with Gasteiger partial charge in [-0.25, -0.2) is 0 Å². The second kappa shape index (κ2) is 17.8. The lowest BCUT2D eigenvalue weighted by atomic mass is 9.84. The molecule has 5 nitrogen and oxygen atoms in total. The minimum atomic E-state index is 0.158. The van der Waals surface area contributed by atoms with E-state index in [4.69, 9.17) is 15.4 Å². The first kappa shape index (κ1) is 45.7. The molecule has 2 aromatic heterocycles. The molecule has 0 saturated heterocycles. The van der Waals surface area contributed by atoms with Crippen molar-refractivity contribution in [3.8, 4) is 6.07 Å². The van der Waals surface area contributed by atoms with E-state index in [0.717, 1.165) is 117 Å². The maximum absolute atomic E-state index is 10.5. The Morgan fingerprint density at radius 2 is 0.960 bits per heavy atom. The monoisotopic (exact) mass is 969 g/mol. The molecular formula is C70H55N3O2. The molecule has 75 heavy (non-hydrogen) atoms. The van der Waals surface area contributed by atoms with Gasteiger partial charge in [-0.05, 0) is 124 Å². The zero-order valence-electron chi connectivity index (χ0n) is 43.1. The molecule has 0 aliphatic heterocycles. The van der Waals surface area contributed by atoms with Crippen LogP contribution in [0.15, 0.2) is 197 Å². The van der Waals surface area contributed by atoms with Crippen LogP contribution in [-0.4, -0.2) is 0 Å². The zero-order chi connectivity index (χ0) is 51.2. The van der Waals surface area contributed by atoms with Gasteiger partial charge in [-0.1, -0.05) is 175 Å². The first-order valence-electron chi connectivity index (χ1n) is 26.2. The standard InChI is InChI=1S/C70H55N3O2/c1-8-44-32-36-59(49-22-12-10-20-47(44)49)72(61-28-18-26-54-51-24-14-16-30-65(51)74-69(54)61)63-39-58(42(5)6)53-34-35-56-64(38-57(41(3)4)43(7)67(56)68(53)46(63)9-2)73(60-37-33-45(40-71)48-21-11-13-23-50(48)60)62-29-19-27-55-52-25-15-17-31-66(52)75-70(55)62/h9-39,41-42H,2,8H2,1,3-7H3. The Hall–Kier alpha value is -9.11. The molecule has 13 aromatic rings. The SMILES string of the molecule is C=Cc1c(N(c2ccc(CC)c3ccccc23)c2cccc3c2oc2ccccc23)cc(C(C)C)c2ccc3c(N(c4ccc(C#N)c5ccccc45)c4cccc5c4oc4ccccc45)cc(C(C)C)c(C)c3c12. The molecule has 0 aliphatic carbocycles. The third kappa shape index (κ3) is 6.97. The molecule has 0 N–H and O–H groups in total. The molecule has 0 atom stereocenters. The number of furan rings is 2. The van der Waals surface area contributed by atoms with Crippen LogP contribution in [0.4, 0.5) is 34.1 Å². The van der Waals surface area contributed by atoms with E-state index in [9.17, 15) is 5.26 Å². The van der Waals surface area contributed by atoms with Gasteiger partial charge in [-0.3, -0.25) is 0 Å². The van der Waals surface area contributed by atoms with Crippen LogP contribution < -0.4 is 9.80 Å². The smallest absolute Gasteiger partial charge is 0.159 e. The second-order valence-corrected chi connectivity index (χ2v) is 20.5. The average molecular weight is 970 g/mol. The predicted molar refractivity (Wildman–Crippen MR) is 317 cm³/mol. The summed E-state index contributed by atoms with van der Waals surface area (Å²) < 4.78 is 13.9. The molecular weight excluding hydrogens is 915 g/mol. The van der Waals surface area contributed by atoms with Crippen molar-refractivity contribution in [2.24, 2.45) is 0 Å². The number of rotatable bonds is 10. The fourth-order valence-corrected chi connectivity index (χ4v) is 12.3. The van der Waals surface area contributed by atoms with Gasteiger partial charge in [0, 0.05) is 48.7 Å². The normalized spacial score (nSPS) is 11.9. The van der Waals surface area contributed by atoms with Crippen LogP contribution in [0.1, 0.15) is 79.8 Å². The molecule has 0 amide bonds. The number of hydrogen-bond donors (Lipinski definition) is 0. The summed E-state index contributed by atoms with van der Waals surface area (Å²) in [5.74, 6) is 0.321. The summed E-state index contributed by atoms with van der Waals surface area (Å²) in [7, 11) is 0. The molecule has 11 aromatic carbocycles. The highest BCUT2D eigenvalue weighted by Crippen LogP contribution is 2.53. The summed E-state index contributed by atoms with van der Waals surface area (Å²) in [5.41, 5.74) is 15.9. The quantitative estimate of drug-likeness (QED) is 0.128. The fraction of sp³-hybridized carbons (Fsp3) is 0.129. The lowest BCUT2D eigenvalue weighted by molar-refractivity contribution is 0.669. The van der Waals surface area contributed by atoms with Crippen LogP contribution in [0.5, 0.6) is 0 Å². The third-order valence-corrected chi connectivity index (χ3v) is 15.8. The Morgan fingerprint density at radius 3 is 1.53 bits per heavy atom. The summed E-state index contributed by atoms with van der Waals surface area (Å²) in [6.07, 6.45) is 3.00. The topological polar surface area (TPSA) is 56.6 Å². The molecule has 13 rings (SSSR count). The van der Waals surface area contributed by atoms with E-state index in [1.807, 2.05) is 30.3 Å². The van der Waals surface area contributed by atoms with Crippen molar-refractivity contribution >= 4 is 127 Å². The van der Waals surface area contributed by atoms with Crippen LogP contribution in [0.25, 0.3) is 93.0 Å². The summed E-state index contributed by atoms with van der Waals surface area (Å²) in [4.78, 5) is 4.85. The molecule has 0 unspecified atom stereocenters. The van der Waals surface area contributed by atoms with Gasteiger partial charge in [0.2, 0.25) is 0 Å². The molecule has 0 aliphatic rings. The Labute approximate surface area is 436 Å². The number of nitrogens with zero attached hydrogens (tertiary/aromatic N) is 3. The number of hydrogen-bond acceptors (Lipinski definition) is 5. The van der Waals surface area contributed by atoms with Gasteiger partial charge in [-0.2, -0.15) is 5.26 Å². The van der Waals surface area contributed by atoms with Crippen molar-refractivity contribution in [3.05, 3.63) is 222 Å². The van der Waals surface area contributed by atoms with Crippen LogP contribution in [0, 0.1) is 18.3 Å². The number of nitriles is 1. The maximum Gasteiger partial charge on any atom is 0.159 e. The number of benzene rings is 11. The first-order valence-corrected chi connectivity index (χ1v) is 26.2. The maximum atomic E-state index is 10.5. The molecule has 5 heteroatoms. The van der Waals surface area contributed by atoms with Gasteiger partial charge < -0.3 is 18.6 Å². The van der Waals surface area contributed by atoms with E-state index >= 15 is 0 Å². The number of para-hydroxylation sites is 4. The van der Waals surface area contributed by atoms with E-state index in [1.54, 1.807) is 0 Å². The van der Waals surface area contributed by atoms with Crippen LogP contribution in [-0.2, 0) is 6.42 Å². The van der Waals surface area contributed by atoms with Crippen molar-refractivity contribution in [3.63, 3.8) is 0 Å². The highest BCUT2D eigenvalue weighted by molar-refractivity contribution is 6.22. The van der Waals surface area contributed by atoms with Crippen LogP contribution >= 0.6 is 0 Å². The van der Waals surface area contributed by atoms with Gasteiger partial charge in [0.15, 0.2) is 11.2 Å². The Morgan fingerprint density at radius 1 is 0.467 bits per heavy atom. The third-order valence-electron chi connectivity index (χ3n) is 15.8. The molecule has 0 bridgehead atoms. The summed E-state index contributed by atoms with van der Waals surface area (Å²) >= 11 is 0. The lowest BCUT2D eigenvalue weighted by Crippen LogP contribution is -2.15. The van der Waals surface area contributed by atoms with Crippen molar-refractivity contribution < 1.29 is 8.83 Å². The predicted octanol–water partition coefficient (Wildman–Crippen LogP) is 20.7. The molecule has 0 radical (unpaired) electrons. The molecule has 0 fully saturated rings.